The van der Waals surface area contributed by atoms with Crippen molar-refractivity contribution in [1.29, 1.82) is 0 Å². The number of nitrogens with one attached hydrogen (secondary N) is 1. The number of rotatable bonds is 4. The minimum Gasteiger partial charge on any atom is -0.468 e. The van der Waals surface area contributed by atoms with Gasteiger partial charge in [-0.3, -0.25) is 4.79 Å². The molecule has 1 atom stereocenters. The van der Waals surface area contributed by atoms with Gasteiger partial charge in [-0.15, -0.1) is 0 Å². The van der Waals surface area contributed by atoms with Gasteiger partial charge in [0.05, 0.1) is 12.8 Å². The van der Waals surface area contributed by atoms with Gasteiger partial charge in [0.25, 0.3) is 0 Å². The normalized spacial score (nSPS) is 12.0. The molecule has 88 valence electrons. The molecule has 1 unspecified atom stereocenters. The van der Waals surface area contributed by atoms with Gasteiger partial charge in [0.2, 0.25) is 0 Å². The molecule has 0 heterocycles. The summed E-state index contributed by atoms with van der Waals surface area (Å²) in [5.74, 6) is -0.717. The number of ether oxygens (including phenoxy) is 1. The highest BCUT2D eigenvalue weighted by Gasteiger charge is 2.15. The molecular weight excluding hydrogens is 277 g/mol. The van der Waals surface area contributed by atoms with E-state index in [9.17, 15) is 9.18 Å². The second kappa shape index (κ2) is 5.84. The van der Waals surface area contributed by atoms with E-state index in [2.05, 4.69) is 26.0 Å². The van der Waals surface area contributed by atoms with Gasteiger partial charge >= 0.3 is 5.97 Å². The highest BCUT2D eigenvalue weighted by molar-refractivity contribution is 9.10. The third-order valence-corrected chi connectivity index (χ3v) is 2.83. The first-order valence-corrected chi connectivity index (χ1v) is 5.68. The first kappa shape index (κ1) is 13.0. The largest absolute Gasteiger partial charge is 0.468 e. The maximum Gasteiger partial charge on any atom is 0.321 e. The molecule has 1 aromatic carbocycles. The molecular formula is C11H13BrFNO2. The second-order valence-corrected chi connectivity index (χ2v) is 4.41. The van der Waals surface area contributed by atoms with Crippen LogP contribution in [-0.2, 0) is 9.53 Å². The van der Waals surface area contributed by atoms with Gasteiger partial charge in [-0.1, -0.05) is 28.1 Å². The number of carbonyl (C=O) groups is 1. The van der Waals surface area contributed by atoms with Crippen LogP contribution in [0.3, 0.4) is 0 Å². The number of benzene rings is 1. The summed E-state index contributed by atoms with van der Waals surface area (Å²) in [6, 6.07) is 4.81. The van der Waals surface area contributed by atoms with E-state index >= 15 is 0 Å². The Hall–Kier alpha value is -1.10. The molecule has 0 radical (unpaired) electrons. The average molecular weight is 290 g/mol. The van der Waals surface area contributed by atoms with Crippen molar-refractivity contribution in [1.82, 2.24) is 0 Å². The minimum atomic E-state index is -0.489. The van der Waals surface area contributed by atoms with Crippen molar-refractivity contribution in [2.45, 2.75) is 11.8 Å². The molecule has 0 aliphatic carbocycles. The number of carbonyl (C=O) groups excluding carboxylic acids is 1. The van der Waals surface area contributed by atoms with Crippen LogP contribution in [0.4, 0.5) is 10.1 Å². The van der Waals surface area contributed by atoms with E-state index in [-0.39, 0.29) is 18.3 Å². The fraction of sp³-hybridized carbons (Fsp3) is 0.364. The molecule has 1 N–H and O–H groups in total. The zero-order valence-electron chi connectivity index (χ0n) is 9.09. The lowest BCUT2D eigenvalue weighted by Gasteiger charge is -2.12. The lowest BCUT2D eigenvalue weighted by molar-refractivity contribution is -0.139. The molecule has 0 fully saturated rings. The fourth-order valence-electron chi connectivity index (χ4n) is 1.26. The van der Waals surface area contributed by atoms with Crippen molar-refractivity contribution in [3.8, 4) is 0 Å². The van der Waals surface area contributed by atoms with Crippen molar-refractivity contribution in [2.75, 3.05) is 19.0 Å². The smallest absolute Gasteiger partial charge is 0.321 e. The Balaban J connectivity index is 2.64. The standard InChI is InChI=1S/C11H13BrFNO2/c1-7-4-3-5-9(13)10(7)14-6-8(12)11(15)16-2/h3-5,8,14H,6H2,1-2H3. The van der Waals surface area contributed by atoms with E-state index < -0.39 is 4.83 Å². The Labute approximate surface area is 102 Å². The van der Waals surface area contributed by atoms with Gasteiger partial charge in [-0.25, -0.2) is 4.39 Å². The number of alkyl halides is 1. The Morgan fingerprint density at radius 1 is 1.62 bits per heavy atom. The molecule has 0 spiro atoms. The lowest BCUT2D eigenvalue weighted by Crippen LogP contribution is -2.24. The van der Waals surface area contributed by atoms with Crippen LogP contribution >= 0.6 is 15.9 Å². The van der Waals surface area contributed by atoms with Gasteiger partial charge in [-0.2, -0.15) is 0 Å². The van der Waals surface area contributed by atoms with E-state index in [1.165, 1.54) is 13.2 Å². The lowest BCUT2D eigenvalue weighted by atomic mass is 10.2. The number of halogens is 2. The molecule has 1 aromatic rings. The van der Waals surface area contributed by atoms with E-state index in [0.717, 1.165) is 5.56 Å². The van der Waals surface area contributed by atoms with Crippen molar-refractivity contribution >= 4 is 27.6 Å². The molecule has 0 aromatic heterocycles. The number of hydrogen-bond acceptors (Lipinski definition) is 3. The molecule has 1 rings (SSSR count). The van der Waals surface area contributed by atoms with Crippen LogP contribution in [0.5, 0.6) is 0 Å². The number of aryl methyl sites for hydroxylation is 1. The van der Waals surface area contributed by atoms with Gasteiger partial charge < -0.3 is 10.1 Å². The minimum absolute atomic E-state index is 0.272. The predicted molar refractivity (Wildman–Crippen MR) is 64.4 cm³/mol. The molecule has 0 aliphatic rings. The summed E-state index contributed by atoms with van der Waals surface area (Å²) >= 11 is 3.15. The van der Waals surface area contributed by atoms with Crippen molar-refractivity contribution in [2.24, 2.45) is 0 Å². The molecule has 0 amide bonds. The summed E-state index contributed by atoms with van der Waals surface area (Å²) in [5, 5.41) is 2.87. The molecule has 0 aliphatic heterocycles. The number of methoxy groups -OCH3 is 1. The molecule has 0 saturated carbocycles. The van der Waals surface area contributed by atoms with E-state index in [0.29, 0.717) is 5.69 Å². The SMILES string of the molecule is COC(=O)C(Br)CNc1c(C)cccc1F. The molecule has 3 nitrogen and oxygen atoms in total. The Morgan fingerprint density at radius 2 is 2.31 bits per heavy atom. The number of hydrogen-bond donors (Lipinski definition) is 1. The van der Waals surface area contributed by atoms with E-state index in [4.69, 9.17) is 0 Å². The van der Waals surface area contributed by atoms with E-state index in [1.807, 2.05) is 0 Å². The van der Waals surface area contributed by atoms with E-state index in [1.54, 1.807) is 19.1 Å². The topological polar surface area (TPSA) is 38.3 Å². The molecule has 0 saturated heterocycles. The van der Waals surface area contributed by atoms with Crippen LogP contribution in [0.1, 0.15) is 5.56 Å². The number of anilines is 1. The summed E-state index contributed by atoms with van der Waals surface area (Å²) < 4.78 is 17.9. The summed E-state index contributed by atoms with van der Waals surface area (Å²) in [5.41, 5.74) is 1.21. The Morgan fingerprint density at radius 3 is 2.88 bits per heavy atom. The quantitative estimate of drug-likeness (QED) is 0.684. The number of para-hydroxylation sites is 1. The highest BCUT2D eigenvalue weighted by atomic mass is 79.9. The maximum atomic E-state index is 13.4. The van der Waals surface area contributed by atoms with Crippen LogP contribution in [0.25, 0.3) is 0 Å². The monoisotopic (exact) mass is 289 g/mol. The zero-order chi connectivity index (χ0) is 12.1. The average Bonchev–Trinajstić information content (AvgIpc) is 2.27. The van der Waals surface area contributed by atoms with Gasteiger partial charge in [-0.05, 0) is 18.6 Å². The predicted octanol–water partition coefficient (Wildman–Crippen LogP) is 2.48. The van der Waals surface area contributed by atoms with Crippen molar-refractivity contribution in [3.63, 3.8) is 0 Å². The first-order valence-electron chi connectivity index (χ1n) is 4.77. The van der Waals surface area contributed by atoms with Crippen LogP contribution in [0, 0.1) is 12.7 Å². The fourth-order valence-corrected chi connectivity index (χ4v) is 1.61. The summed E-state index contributed by atoms with van der Waals surface area (Å²) in [6.07, 6.45) is 0. The van der Waals surface area contributed by atoms with Gasteiger partial charge in [0.1, 0.15) is 10.6 Å². The zero-order valence-corrected chi connectivity index (χ0v) is 10.7. The summed E-state index contributed by atoms with van der Waals surface area (Å²) in [7, 11) is 1.31. The summed E-state index contributed by atoms with van der Waals surface area (Å²) in [6.45, 7) is 2.07. The molecule has 0 bridgehead atoms. The molecule has 5 heteroatoms. The van der Waals surface area contributed by atoms with Gasteiger partial charge in [0.15, 0.2) is 0 Å². The van der Waals surface area contributed by atoms with Crippen LogP contribution in [0.2, 0.25) is 0 Å². The van der Waals surface area contributed by atoms with Crippen LogP contribution in [-0.4, -0.2) is 24.5 Å². The van der Waals surface area contributed by atoms with Crippen molar-refractivity contribution < 1.29 is 13.9 Å². The van der Waals surface area contributed by atoms with Crippen LogP contribution < -0.4 is 5.32 Å². The number of esters is 1. The first-order chi connectivity index (χ1) is 7.56. The molecule has 16 heavy (non-hydrogen) atoms. The second-order valence-electron chi connectivity index (χ2n) is 3.30. The summed E-state index contributed by atoms with van der Waals surface area (Å²) in [4.78, 5) is 10.6. The Kier molecular flexibility index (Phi) is 4.73. The van der Waals surface area contributed by atoms with Crippen LogP contribution in [0.15, 0.2) is 18.2 Å². The third-order valence-electron chi connectivity index (χ3n) is 2.14. The van der Waals surface area contributed by atoms with Crippen molar-refractivity contribution in [3.05, 3.63) is 29.6 Å². The van der Waals surface area contributed by atoms with Gasteiger partial charge in [0, 0.05) is 6.54 Å². The maximum absolute atomic E-state index is 13.4. The third kappa shape index (κ3) is 3.20. The Bertz CT molecular complexity index is 364. The highest BCUT2D eigenvalue weighted by Crippen LogP contribution is 2.19.